The van der Waals surface area contributed by atoms with Crippen LogP contribution in [0.25, 0.3) is 0 Å². The molecule has 2 N–H and O–H groups in total. The summed E-state index contributed by atoms with van der Waals surface area (Å²) in [6, 6.07) is 3.88. The van der Waals surface area contributed by atoms with Crippen LogP contribution in [-0.2, 0) is 16.1 Å². The Morgan fingerprint density at radius 3 is 2.68 bits per heavy atom. The number of nitrogens with zero attached hydrogens (tertiary/aromatic N) is 2. The fourth-order valence-corrected chi connectivity index (χ4v) is 2.18. The van der Waals surface area contributed by atoms with Crippen LogP contribution in [0.2, 0.25) is 5.02 Å². The highest BCUT2D eigenvalue weighted by Crippen LogP contribution is 2.20. The summed E-state index contributed by atoms with van der Waals surface area (Å²) in [7, 11) is 0. The van der Waals surface area contributed by atoms with Crippen molar-refractivity contribution in [1.82, 2.24) is 20.6 Å². The molecule has 0 unspecified atom stereocenters. The summed E-state index contributed by atoms with van der Waals surface area (Å²) in [6.07, 6.45) is 3.65. The normalized spacial score (nSPS) is 10.2. The van der Waals surface area contributed by atoms with E-state index in [0.717, 1.165) is 11.8 Å². The summed E-state index contributed by atoms with van der Waals surface area (Å²) >= 11 is 5.58. The molecular formula is C19H20ClFN4O3. The molecule has 0 saturated carbocycles. The van der Waals surface area contributed by atoms with Crippen LogP contribution in [0.4, 0.5) is 4.39 Å². The average molecular weight is 407 g/mol. The SMILES string of the molecule is C=C(CCC(=O)NCc1cnc(C)cn1)NC(=O)COc1ccc(Cl)c(F)c1. The minimum absolute atomic E-state index is 0.0297. The molecule has 9 heteroatoms. The molecule has 0 fully saturated rings. The van der Waals surface area contributed by atoms with Crippen molar-refractivity contribution in [2.75, 3.05) is 6.61 Å². The van der Waals surface area contributed by atoms with Gasteiger partial charge in [-0.2, -0.15) is 0 Å². The van der Waals surface area contributed by atoms with Crippen molar-refractivity contribution >= 4 is 23.4 Å². The number of allylic oxidation sites excluding steroid dienone is 1. The molecular weight excluding hydrogens is 387 g/mol. The van der Waals surface area contributed by atoms with E-state index in [1.54, 1.807) is 12.4 Å². The van der Waals surface area contributed by atoms with Crippen LogP contribution >= 0.6 is 11.6 Å². The molecule has 28 heavy (non-hydrogen) atoms. The van der Waals surface area contributed by atoms with Crippen LogP contribution in [0.15, 0.2) is 42.9 Å². The van der Waals surface area contributed by atoms with E-state index in [1.807, 2.05) is 6.92 Å². The number of carbonyl (C=O) groups is 2. The van der Waals surface area contributed by atoms with Gasteiger partial charge in [-0.05, 0) is 25.5 Å². The molecule has 0 aliphatic rings. The van der Waals surface area contributed by atoms with Crippen LogP contribution in [0, 0.1) is 12.7 Å². The Bertz CT molecular complexity index is 859. The summed E-state index contributed by atoms with van der Waals surface area (Å²) in [4.78, 5) is 31.9. The number of amides is 2. The summed E-state index contributed by atoms with van der Waals surface area (Å²) in [5.74, 6) is -1.12. The lowest BCUT2D eigenvalue weighted by Gasteiger charge is -2.10. The van der Waals surface area contributed by atoms with Crippen LogP contribution in [-0.4, -0.2) is 28.4 Å². The lowest BCUT2D eigenvalue weighted by molar-refractivity contribution is -0.123. The van der Waals surface area contributed by atoms with E-state index >= 15 is 0 Å². The molecule has 0 atom stereocenters. The topological polar surface area (TPSA) is 93.2 Å². The van der Waals surface area contributed by atoms with Gasteiger partial charge < -0.3 is 15.4 Å². The van der Waals surface area contributed by atoms with Gasteiger partial charge in [-0.3, -0.25) is 19.6 Å². The van der Waals surface area contributed by atoms with Crippen LogP contribution in [0.1, 0.15) is 24.2 Å². The Labute approximate surface area is 167 Å². The quantitative estimate of drug-likeness (QED) is 0.667. The number of aryl methyl sites for hydroxylation is 1. The van der Waals surface area contributed by atoms with Gasteiger partial charge in [-0.1, -0.05) is 18.2 Å². The molecule has 1 aromatic heterocycles. The standard InChI is InChI=1S/C19H20ClFN4O3/c1-12(3-6-18(26)24-10-14-9-22-13(2)8-23-14)25-19(27)11-28-15-4-5-16(20)17(21)7-15/h4-5,7-9H,1,3,6,10-11H2,2H3,(H,24,26)(H,25,27). The lowest BCUT2D eigenvalue weighted by Crippen LogP contribution is -2.29. The molecule has 2 aromatic rings. The molecule has 0 bridgehead atoms. The fourth-order valence-electron chi connectivity index (χ4n) is 2.06. The van der Waals surface area contributed by atoms with E-state index in [1.165, 1.54) is 12.1 Å². The van der Waals surface area contributed by atoms with Gasteiger partial charge in [-0.25, -0.2) is 4.39 Å². The van der Waals surface area contributed by atoms with Crippen molar-refractivity contribution in [3.8, 4) is 5.75 Å². The molecule has 0 spiro atoms. The van der Waals surface area contributed by atoms with Gasteiger partial charge in [0.25, 0.3) is 5.91 Å². The van der Waals surface area contributed by atoms with E-state index < -0.39 is 11.7 Å². The molecule has 0 aliphatic carbocycles. The van der Waals surface area contributed by atoms with Gasteiger partial charge in [-0.15, -0.1) is 0 Å². The Kier molecular flexibility index (Phi) is 7.88. The van der Waals surface area contributed by atoms with Crippen molar-refractivity contribution in [1.29, 1.82) is 0 Å². The molecule has 148 valence electrons. The number of nitrogens with one attached hydrogen (secondary N) is 2. The number of hydrogen-bond donors (Lipinski definition) is 2. The summed E-state index contributed by atoms with van der Waals surface area (Å²) in [5, 5.41) is 5.22. The van der Waals surface area contributed by atoms with Gasteiger partial charge in [0.2, 0.25) is 5.91 Å². The van der Waals surface area contributed by atoms with E-state index in [0.29, 0.717) is 11.4 Å². The second-order valence-corrected chi connectivity index (χ2v) is 6.35. The van der Waals surface area contributed by atoms with E-state index in [4.69, 9.17) is 16.3 Å². The monoisotopic (exact) mass is 406 g/mol. The van der Waals surface area contributed by atoms with Crippen LogP contribution in [0.3, 0.4) is 0 Å². The van der Waals surface area contributed by atoms with E-state index in [9.17, 15) is 14.0 Å². The smallest absolute Gasteiger partial charge is 0.262 e. The largest absolute Gasteiger partial charge is 0.484 e. The number of halogens is 2. The van der Waals surface area contributed by atoms with Crippen molar-refractivity contribution in [2.24, 2.45) is 0 Å². The van der Waals surface area contributed by atoms with Gasteiger partial charge in [0, 0.05) is 24.4 Å². The summed E-state index contributed by atoms with van der Waals surface area (Å²) in [5.41, 5.74) is 1.83. The summed E-state index contributed by atoms with van der Waals surface area (Å²) in [6.45, 7) is 5.49. The number of aromatic nitrogens is 2. The molecule has 0 aliphatic heterocycles. The van der Waals surface area contributed by atoms with E-state index in [-0.39, 0.29) is 42.7 Å². The maximum absolute atomic E-state index is 13.3. The van der Waals surface area contributed by atoms with Crippen LogP contribution < -0.4 is 15.4 Å². The second-order valence-electron chi connectivity index (χ2n) is 5.94. The zero-order chi connectivity index (χ0) is 20.5. The van der Waals surface area contributed by atoms with Crippen molar-refractivity contribution in [2.45, 2.75) is 26.3 Å². The van der Waals surface area contributed by atoms with Gasteiger partial charge in [0.1, 0.15) is 11.6 Å². The zero-order valence-electron chi connectivity index (χ0n) is 15.3. The third-order valence-electron chi connectivity index (χ3n) is 3.53. The van der Waals surface area contributed by atoms with Crippen molar-refractivity contribution in [3.63, 3.8) is 0 Å². The number of ether oxygens (including phenoxy) is 1. The molecule has 2 rings (SSSR count). The second kappa shape index (κ2) is 10.4. The minimum Gasteiger partial charge on any atom is -0.484 e. The first-order valence-electron chi connectivity index (χ1n) is 8.43. The Morgan fingerprint density at radius 2 is 2.00 bits per heavy atom. The number of carbonyl (C=O) groups excluding carboxylic acids is 2. The Balaban J connectivity index is 1.65. The zero-order valence-corrected chi connectivity index (χ0v) is 16.1. The molecule has 1 aromatic carbocycles. The van der Waals surface area contributed by atoms with E-state index in [2.05, 4.69) is 27.2 Å². The first-order chi connectivity index (χ1) is 13.3. The highest BCUT2D eigenvalue weighted by atomic mass is 35.5. The van der Waals surface area contributed by atoms with Crippen molar-refractivity contribution in [3.05, 3.63) is 65.1 Å². The minimum atomic E-state index is -0.633. The first-order valence-corrected chi connectivity index (χ1v) is 8.81. The maximum atomic E-state index is 13.3. The highest BCUT2D eigenvalue weighted by molar-refractivity contribution is 6.30. The average Bonchev–Trinajstić information content (AvgIpc) is 2.67. The highest BCUT2D eigenvalue weighted by Gasteiger charge is 2.09. The van der Waals surface area contributed by atoms with Gasteiger partial charge in [0.15, 0.2) is 6.61 Å². The van der Waals surface area contributed by atoms with Crippen LogP contribution in [0.5, 0.6) is 5.75 Å². The summed E-state index contributed by atoms with van der Waals surface area (Å²) < 4.78 is 18.5. The first kappa shape index (κ1) is 21.3. The predicted octanol–water partition coefficient (Wildman–Crippen LogP) is 2.68. The van der Waals surface area contributed by atoms with Gasteiger partial charge >= 0.3 is 0 Å². The number of rotatable bonds is 9. The lowest BCUT2D eigenvalue weighted by atomic mass is 10.2. The molecule has 2 amide bonds. The third kappa shape index (κ3) is 7.32. The fraction of sp³-hybridized carbons (Fsp3) is 0.263. The molecule has 1 heterocycles. The van der Waals surface area contributed by atoms with Gasteiger partial charge in [0.05, 0.1) is 29.2 Å². The number of hydrogen-bond acceptors (Lipinski definition) is 5. The predicted molar refractivity (Wildman–Crippen MR) is 102 cm³/mol. The molecule has 0 radical (unpaired) electrons. The molecule has 7 nitrogen and oxygen atoms in total. The Hall–Kier alpha value is -3.00. The Morgan fingerprint density at radius 1 is 1.21 bits per heavy atom. The third-order valence-corrected chi connectivity index (χ3v) is 3.84. The maximum Gasteiger partial charge on any atom is 0.262 e. The molecule has 0 saturated heterocycles. The van der Waals surface area contributed by atoms with Crippen molar-refractivity contribution < 1.29 is 18.7 Å². The number of benzene rings is 1.